The van der Waals surface area contributed by atoms with E-state index in [0.717, 1.165) is 47.8 Å². The number of para-hydroxylation sites is 1. The summed E-state index contributed by atoms with van der Waals surface area (Å²) in [5, 5.41) is 19.5. The fourth-order valence-electron chi connectivity index (χ4n) is 4.82. The number of hydrogen-bond donors (Lipinski definition) is 3. The second-order valence-electron chi connectivity index (χ2n) is 9.14. The van der Waals surface area contributed by atoms with Crippen LogP contribution in [-0.4, -0.2) is 38.7 Å². The van der Waals surface area contributed by atoms with Gasteiger partial charge in [0, 0.05) is 60.1 Å². The van der Waals surface area contributed by atoms with Crippen LogP contribution in [0.3, 0.4) is 0 Å². The van der Waals surface area contributed by atoms with Gasteiger partial charge in [0.1, 0.15) is 11.4 Å². The van der Waals surface area contributed by atoms with Crippen molar-refractivity contribution >= 4 is 33.9 Å². The topological polar surface area (TPSA) is 133 Å². The summed E-state index contributed by atoms with van der Waals surface area (Å²) in [4.78, 5) is 20.6. The smallest absolute Gasteiger partial charge is 0.294 e. The molecule has 4 N–H and O–H groups in total. The summed E-state index contributed by atoms with van der Waals surface area (Å²) in [5.41, 5.74) is 9.62. The van der Waals surface area contributed by atoms with Gasteiger partial charge in [0.05, 0.1) is 23.4 Å². The molecule has 4 aromatic rings. The number of hydrogen-bond acceptors (Lipinski definition) is 8. The van der Waals surface area contributed by atoms with Gasteiger partial charge in [-0.3, -0.25) is 10.1 Å². The summed E-state index contributed by atoms with van der Waals surface area (Å²) in [6.07, 6.45) is 7.22. The molecule has 0 atom stereocenters. The highest BCUT2D eigenvalue weighted by Gasteiger charge is 2.24. The van der Waals surface area contributed by atoms with E-state index in [1.165, 1.54) is 13.2 Å². The van der Waals surface area contributed by atoms with E-state index < -0.39 is 4.92 Å². The minimum absolute atomic E-state index is 0.0432. The monoisotopic (exact) mass is 487 g/mol. The molecule has 1 aliphatic rings. The molecule has 2 aromatic heterocycles. The van der Waals surface area contributed by atoms with E-state index in [1.54, 1.807) is 12.3 Å². The van der Waals surface area contributed by atoms with Gasteiger partial charge < -0.3 is 25.7 Å². The highest BCUT2D eigenvalue weighted by molar-refractivity contribution is 5.95. The lowest BCUT2D eigenvalue weighted by Gasteiger charge is -2.27. The first-order valence-electron chi connectivity index (χ1n) is 12.0. The molecule has 0 aliphatic heterocycles. The normalized spacial score (nSPS) is 17.6. The zero-order valence-electron chi connectivity index (χ0n) is 20.3. The van der Waals surface area contributed by atoms with Crippen LogP contribution in [0, 0.1) is 10.1 Å². The summed E-state index contributed by atoms with van der Waals surface area (Å²) in [6.45, 7) is 0. The number of nitrogens with one attached hydrogen (secondary N) is 2. The number of rotatable bonds is 7. The average molecular weight is 488 g/mol. The van der Waals surface area contributed by atoms with Crippen LogP contribution in [0.1, 0.15) is 25.7 Å². The maximum absolute atomic E-state index is 11.9. The number of methoxy groups -OCH3 is 1. The van der Waals surface area contributed by atoms with Crippen molar-refractivity contribution in [1.82, 2.24) is 14.5 Å². The molecule has 1 saturated carbocycles. The fraction of sp³-hybridized carbons (Fsp3) is 0.308. The van der Waals surface area contributed by atoms with Gasteiger partial charge in [0.25, 0.3) is 5.69 Å². The van der Waals surface area contributed by atoms with Crippen LogP contribution in [0.2, 0.25) is 0 Å². The van der Waals surface area contributed by atoms with Crippen LogP contribution < -0.4 is 21.1 Å². The number of aromatic nitrogens is 3. The lowest BCUT2D eigenvalue weighted by atomic mass is 9.91. The van der Waals surface area contributed by atoms with Crippen molar-refractivity contribution in [3.8, 4) is 17.0 Å². The number of nitrogens with zero attached hydrogens (tertiary/aromatic N) is 4. The van der Waals surface area contributed by atoms with Gasteiger partial charge in [-0.1, -0.05) is 18.2 Å². The lowest BCUT2D eigenvalue weighted by molar-refractivity contribution is -0.383. The molecule has 0 saturated heterocycles. The summed E-state index contributed by atoms with van der Waals surface area (Å²) in [6, 6.07) is 13.4. The first kappa shape index (κ1) is 23.6. The molecule has 5 rings (SSSR count). The molecule has 10 nitrogen and oxygen atoms in total. The number of aryl methyl sites for hydroxylation is 1. The Kier molecular flexibility index (Phi) is 6.43. The van der Waals surface area contributed by atoms with E-state index in [-0.39, 0.29) is 17.8 Å². The molecule has 0 amide bonds. The SMILES string of the molecule is COc1cc(NC2CCC(N)CC2)c([N+](=O)[O-])cc1Nc1nccc(-c2cn(C)c3ccccc23)n1. The molecule has 0 bridgehead atoms. The van der Waals surface area contributed by atoms with Crippen LogP contribution in [0.25, 0.3) is 22.2 Å². The quantitative estimate of drug-likeness (QED) is 0.246. The number of nitrogens with two attached hydrogens (primary N) is 1. The van der Waals surface area contributed by atoms with Gasteiger partial charge in [-0.15, -0.1) is 0 Å². The van der Waals surface area contributed by atoms with E-state index in [1.807, 2.05) is 31.4 Å². The Hall–Kier alpha value is -4.18. The van der Waals surface area contributed by atoms with E-state index in [0.29, 0.717) is 23.1 Å². The first-order chi connectivity index (χ1) is 17.4. The van der Waals surface area contributed by atoms with Crippen molar-refractivity contribution in [3.63, 3.8) is 0 Å². The Labute approximate surface area is 208 Å². The van der Waals surface area contributed by atoms with Crippen molar-refractivity contribution in [2.45, 2.75) is 37.8 Å². The summed E-state index contributed by atoms with van der Waals surface area (Å²) < 4.78 is 7.62. The third-order valence-electron chi connectivity index (χ3n) is 6.72. The standard InChI is InChI=1S/C26H29N7O3/c1-32-15-19(18-5-3-4-6-23(18)32)20-11-12-28-26(30-20)31-22-13-24(33(34)35)21(14-25(22)36-2)29-17-9-7-16(27)8-10-17/h3-6,11-17,29H,7-10,27H2,1-2H3,(H,28,30,31). The van der Waals surface area contributed by atoms with Crippen LogP contribution in [0.4, 0.5) is 23.0 Å². The highest BCUT2D eigenvalue weighted by Crippen LogP contribution is 2.39. The second-order valence-corrected chi connectivity index (χ2v) is 9.14. The Morgan fingerprint density at radius 3 is 2.67 bits per heavy atom. The Morgan fingerprint density at radius 2 is 1.92 bits per heavy atom. The van der Waals surface area contributed by atoms with Crippen molar-refractivity contribution in [2.24, 2.45) is 12.8 Å². The van der Waals surface area contributed by atoms with Gasteiger partial charge >= 0.3 is 0 Å². The van der Waals surface area contributed by atoms with Crippen molar-refractivity contribution < 1.29 is 9.66 Å². The summed E-state index contributed by atoms with van der Waals surface area (Å²) in [7, 11) is 3.52. The molecule has 2 heterocycles. The maximum Gasteiger partial charge on any atom is 0.294 e. The van der Waals surface area contributed by atoms with Crippen LogP contribution in [0.15, 0.2) is 54.9 Å². The van der Waals surface area contributed by atoms with Gasteiger partial charge in [-0.25, -0.2) is 9.97 Å². The largest absolute Gasteiger partial charge is 0.494 e. The van der Waals surface area contributed by atoms with E-state index >= 15 is 0 Å². The average Bonchev–Trinajstić information content (AvgIpc) is 3.22. The summed E-state index contributed by atoms with van der Waals surface area (Å²) in [5.74, 6) is 0.768. The van der Waals surface area contributed by atoms with Gasteiger partial charge in [0.2, 0.25) is 5.95 Å². The van der Waals surface area contributed by atoms with Crippen LogP contribution in [0.5, 0.6) is 5.75 Å². The van der Waals surface area contributed by atoms with Crippen molar-refractivity contribution in [2.75, 3.05) is 17.7 Å². The Morgan fingerprint density at radius 1 is 1.14 bits per heavy atom. The lowest BCUT2D eigenvalue weighted by Crippen LogP contribution is -2.32. The van der Waals surface area contributed by atoms with E-state index in [9.17, 15) is 10.1 Å². The van der Waals surface area contributed by atoms with Crippen LogP contribution in [-0.2, 0) is 7.05 Å². The van der Waals surface area contributed by atoms with Gasteiger partial charge in [-0.2, -0.15) is 0 Å². The molecular formula is C26H29N7O3. The minimum atomic E-state index is -0.394. The predicted molar refractivity (Wildman–Crippen MR) is 141 cm³/mol. The summed E-state index contributed by atoms with van der Waals surface area (Å²) >= 11 is 0. The van der Waals surface area contributed by atoms with Crippen molar-refractivity contribution in [1.29, 1.82) is 0 Å². The Bertz CT molecular complexity index is 1410. The van der Waals surface area contributed by atoms with Crippen LogP contribution >= 0.6 is 0 Å². The molecule has 10 heteroatoms. The third-order valence-corrected chi connectivity index (χ3v) is 6.72. The fourth-order valence-corrected chi connectivity index (χ4v) is 4.82. The molecule has 36 heavy (non-hydrogen) atoms. The van der Waals surface area contributed by atoms with Gasteiger partial charge in [-0.05, 0) is 37.8 Å². The maximum atomic E-state index is 11.9. The van der Waals surface area contributed by atoms with Crippen molar-refractivity contribution in [3.05, 3.63) is 65.0 Å². The number of nitro benzene ring substituents is 1. The molecule has 0 spiro atoms. The third kappa shape index (κ3) is 4.67. The second kappa shape index (κ2) is 9.82. The molecule has 0 unspecified atom stereocenters. The number of ether oxygens (including phenoxy) is 1. The molecular weight excluding hydrogens is 458 g/mol. The highest BCUT2D eigenvalue weighted by atomic mass is 16.6. The molecule has 2 aromatic carbocycles. The zero-order chi connectivity index (χ0) is 25.2. The first-order valence-corrected chi connectivity index (χ1v) is 12.0. The molecule has 0 radical (unpaired) electrons. The minimum Gasteiger partial charge on any atom is -0.494 e. The predicted octanol–water partition coefficient (Wildman–Crippen LogP) is 4.98. The molecule has 186 valence electrons. The number of benzene rings is 2. The Balaban J connectivity index is 1.46. The zero-order valence-corrected chi connectivity index (χ0v) is 20.3. The van der Waals surface area contributed by atoms with Gasteiger partial charge in [0.15, 0.2) is 0 Å². The van der Waals surface area contributed by atoms with E-state index in [2.05, 4.69) is 37.3 Å². The van der Waals surface area contributed by atoms with E-state index in [4.69, 9.17) is 10.5 Å². The molecule has 1 fully saturated rings. The number of fused-ring (bicyclic) bond motifs is 1. The molecule has 1 aliphatic carbocycles. The number of nitro groups is 1. The number of anilines is 3.